The maximum absolute atomic E-state index is 11.8. The molecule has 19 heavy (non-hydrogen) atoms. The monoisotopic (exact) mass is 267 g/mol. The Balaban J connectivity index is 2.57. The van der Waals surface area contributed by atoms with Crippen LogP contribution in [0.25, 0.3) is 0 Å². The SMILES string of the molecule is CCOc1ccc(CC(=O)NC(C)(CO)CO)cc1. The number of amides is 1. The Morgan fingerprint density at radius 3 is 2.32 bits per heavy atom. The van der Waals surface area contributed by atoms with E-state index >= 15 is 0 Å². The van der Waals surface area contributed by atoms with Crippen LogP contribution in [-0.2, 0) is 11.2 Å². The topological polar surface area (TPSA) is 78.8 Å². The number of aliphatic hydroxyl groups is 2. The van der Waals surface area contributed by atoms with E-state index in [9.17, 15) is 4.79 Å². The third-order valence-corrected chi connectivity index (χ3v) is 2.74. The van der Waals surface area contributed by atoms with Crippen LogP contribution in [-0.4, -0.2) is 41.5 Å². The highest BCUT2D eigenvalue weighted by molar-refractivity contribution is 5.79. The van der Waals surface area contributed by atoms with Gasteiger partial charge in [0.2, 0.25) is 5.91 Å². The van der Waals surface area contributed by atoms with Gasteiger partial charge in [0.25, 0.3) is 0 Å². The van der Waals surface area contributed by atoms with Gasteiger partial charge in [0, 0.05) is 0 Å². The molecule has 0 fully saturated rings. The van der Waals surface area contributed by atoms with E-state index in [1.54, 1.807) is 6.92 Å². The number of ether oxygens (including phenoxy) is 1. The predicted octanol–water partition coefficient (Wildman–Crippen LogP) is 0.487. The molecular formula is C14H21NO4. The van der Waals surface area contributed by atoms with E-state index in [2.05, 4.69) is 5.32 Å². The molecule has 0 atom stereocenters. The molecule has 0 unspecified atom stereocenters. The van der Waals surface area contributed by atoms with E-state index < -0.39 is 5.54 Å². The highest BCUT2D eigenvalue weighted by atomic mass is 16.5. The van der Waals surface area contributed by atoms with Crippen molar-refractivity contribution in [2.75, 3.05) is 19.8 Å². The van der Waals surface area contributed by atoms with Crippen LogP contribution in [0.15, 0.2) is 24.3 Å². The van der Waals surface area contributed by atoms with Gasteiger partial charge in [-0.15, -0.1) is 0 Å². The highest BCUT2D eigenvalue weighted by Crippen LogP contribution is 2.12. The molecule has 3 N–H and O–H groups in total. The standard InChI is InChI=1S/C14H21NO4/c1-3-19-12-6-4-11(5-7-12)8-13(18)15-14(2,9-16)10-17/h4-7,16-17H,3,8-10H2,1-2H3,(H,15,18). The Kier molecular flexibility index (Phi) is 5.79. The van der Waals surface area contributed by atoms with Crippen LogP contribution < -0.4 is 10.1 Å². The minimum Gasteiger partial charge on any atom is -0.494 e. The molecular weight excluding hydrogens is 246 g/mol. The summed E-state index contributed by atoms with van der Waals surface area (Å²) < 4.78 is 5.31. The third-order valence-electron chi connectivity index (χ3n) is 2.74. The first-order chi connectivity index (χ1) is 9.03. The van der Waals surface area contributed by atoms with E-state index in [4.69, 9.17) is 14.9 Å². The number of carbonyl (C=O) groups is 1. The lowest BCUT2D eigenvalue weighted by Gasteiger charge is -2.26. The second-order valence-corrected chi connectivity index (χ2v) is 4.68. The van der Waals surface area contributed by atoms with Crippen molar-refractivity contribution in [2.24, 2.45) is 0 Å². The number of benzene rings is 1. The Labute approximate surface area is 113 Å². The lowest BCUT2D eigenvalue weighted by atomic mass is 10.0. The largest absolute Gasteiger partial charge is 0.494 e. The molecule has 5 nitrogen and oxygen atoms in total. The third kappa shape index (κ3) is 4.89. The van der Waals surface area contributed by atoms with Gasteiger partial charge < -0.3 is 20.3 Å². The molecule has 0 aromatic heterocycles. The minimum atomic E-state index is -0.984. The van der Waals surface area contributed by atoms with Crippen LogP contribution in [0.1, 0.15) is 19.4 Å². The minimum absolute atomic E-state index is 0.196. The zero-order valence-electron chi connectivity index (χ0n) is 11.3. The molecule has 1 aromatic carbocycles. The highest BCUT2D eigenvalue weighted by Gasteiger charge is 2.24. The van der Waals surface area contributed by atoms with Gasteiger partial charge in [0.15, 0.2) is 0 Å². The van der Waals surface area contributed by atoms with E-state index in [0.29, 0.717) is 6.61 Å². The van der Waals surface area contributed by atoms with Crippen molar-refractivity contribution >= 4 is 5.91 Å². The molecule has 0 aliphatic heterocycles. The lowest BCUT2D eigenvalue weighted by molar-refractivity contribution is -0.123. The van der Waals surface area contributed by atoms with Gasteiger partial charge in [-0.1, -0.05) is 12.1 Å². The van der Waals surface area contributed by atoms with Crippen LogP contribution in [0, 0.1) is 0 Å². The first-order valence-electron chi connectivity index (χ1n) is 6.27. The summed E-state index contributed by atoms with van der Waals surface area (Å²) in [6.07, 6.45) is 0.196. The zero-order valence-corrected chi connectivity index (χ0v) is 11.3. The van der Waals surface area contributed by atoms with Crippen molar-refractivity contribution in [3.63, 3.8) is 0 Å². The fraction of sp³-hybridized carbons (Fsp3) is 0.500. The van der Waals surface area contributed by atoms with Crippen LogP contribution in [0.2, 0.25) is 0 Å². The van der Waals surface area contributed by atoms with Crippen molar-refractivity contribution in [2.45, 2.75) is 25.8 Å². The second-order valence-electron chi connectivity index (χ2n) is 4.68. The first-order valence-corrected chi connectivity index (χ1v) is 6.27. The molecule has 1 amide bonds. The summed E-state index contributed by atoms with van der Waals surface area (Å²) in [5.41, 5.74) is -0.137. The van der Waals surface area contributed by atoms with Gasteiger partial charge in [0.05, 0.1) is 31.8 Å². The van der Waals surface area contributed by atoms with Crippen LogP contribution in [0.5, 0.6) is 5.75 Å². The molecule has 0 saturated carbocycles. The van der Waals surface area contributed by atoms with Gasteiger partial charge in [-0.25, -0.2) is 0 Å². The summed E-state index contributed by atoms with van der Waals surface area (Å²) in [7, 11) is 0. The van der Waals surface area contributed by atoms with Gasteiger partial charge in [-0.3, -0.25) is 4.79 Å². The van der Waals surface area contributed by atoms with Crippen LogP contribution >= 0.6 is 0 Å². The lowest BCUT2D eigenvalue weighted by Crippen LogP contribution is -2.52. The van der Waals surface area contributed by atoms with Gasteiger partial charge in [-0.05, 0) is 31.5 Å². The maximum atomic E-state index is 11.8. The van der Waals surface area contributed by atoms with E-state index in [0.717, 1.165) is 11.3 Å². The summed E-state index contributed by atoms with van der Waals surface area (Å²) in [5, 5.41) is 20.8. The molecule has 0 spiro atoms. The van der Waals surface area contributed by atoms with Crippen LogP contribution in [0.3, 0.4) is 0 Å². The summed E-state index contributed by atoms with van der Waals surface area (Å²) in [5.74, 6) is 0.525. The average Bonchev–Trinajstić information content (AvgIpc) is 2.41. The summed E-state index contributed by atoms with van der Waals surface area (Å²) in [6.45, 7) is 3.48. The smallest absolute Gasteiger partial charge is 0.224 e. The van der Waals surface area contributed by atoms with Crippen molar-refractivity contribution in [3.05, 3.63) is 29.8 Å². The summed E-state index contributed by atoms with van der Waals surface area (Å²) in [6, 6.07) is 7.26. The summed E-state index contributed by atoms with van der Waals surface area (Å²) in [4.78, 5) is 11.8. The molecule has 0 saturated heterocycles. The van der Waals surface area contributed by atoms with E-state index in [1.165, 1.54) is 0 Å². The van der Waals surface area contributed by atoms with Gasteiger partial charge in [0.1, 0.15) is 5.75 Å². The fourth-order valence-corrected chi connectivity index (χ4v) is 1.57. The van der Waals surface area contributed by atoms with Crippen molar-refractivity contribution in [1.82, 2.24) is 5.32 Å². The van der Waals surface area contributed by atoms with Gasteiger partial charge >= 0.3 is 0 Å². The molecule has 106 valence electrons. The van der Waals surface area contributed by atoms with E-state index in [1.807, 2.05) is 31.2 Å². The van der Waals surface area contributed by atoms with Crippen molar-refractivity contribution in [3.8, 4) is 5.75 Å². The quantitative estimate of drug-likeness (QED) is 0.671. The molecule has 1 aromatic rings. The average molecular weight is 267 g/mol. The molecule has 0 heterocycles. The van der Waals surface area contributed by atoms with E-state index in [-0.39, 0.29) is 25.5 Å². The fourth-order valence-electron chi connectivity index (χ4n) is 1.57. The normalized spacial score (nSPS) is 11.2. The Morgan fingerprint density at radius 2 is 1.84 bits per heavy atom. The molecule has 0 aliphatic carbocycles. The molecule has 5 heteroatoms. The van der Waals surface area contributed by atoms with Crippen molar-refractivity contribution in [1.29, 1.82) is 0 Å². The van der Waals surface area contributed by atoms with Crippen LogP contribution in [0.4, 0.5) is 0 Å². The number of hydrogen-bond acceptors (Lipinski definition) is 4. The number of nitrogens with one attached hydrogen (secondary N) is 1. The van der Waals surface area contributed by atoms with Crippen molar-refractivity contribution < 1.29 is 19.7 Å². The Bertz CT molecular complexity index is 398. The maximum Gasteiger partial charge on any atom is 0.224 e. The number of carbonyl (C=O) groups excluding carboxylic acids is 1. The molecule has 0 bridgehead atoms. The number of hydrogen-bond donors (Lipinski definition) is 3. The molecule has 0 aliphatic rings. The summed E-state index contributed by atoms with van der Waals surface area (Å²) >= 11 is 0. The number of rotatable bonds is 7. The predicted molar refractivity (Wildman–Crippen MR) is 72.0 cm³/mol. The Hall–Kier alpha value is -1.59. The molecule has 0 radical (unpaired) electrons. The zero-order chi connectivity index (χ0) is 14.3. The Morgan fingerprint density at radius 1 is 1.26 bits per heavy atom. The second kappa shape index (κ2) is 7.11. The molecule has 1 rings (SSSR count). The van der Waals surface area contributed by atoms with Gasteiger partial charge in [-0.2, -0.15) is 0 Å². The first kappa shape index (κ1) is 15.5. The number of aliphatic hydroxyl groups excluding tert-OH is 2.